The highest BCUT2D eigenvalue weighted by molar-refractivity contribution is 6.29. The largest absolute Gasteiger partial charge is 0.301 e. The molecule has 0 atom stereocenters. The van der Waals surface area contributed by atoms with Gasteiger partial charge in [0.2, 0.25) is 0 Å². The van der Waals surface area contributed by atoms with E-state index in [1.807, 2.05) is 35.0 Å². The van der Waals surface area contributed by atoms with Gasteiger partial charge in [-0.05, 0) is 17.5 Å². The molecule has 0 saturated heterocycles. The normalized spacial score (nSPS) is 10.8. The van der Waals surface area contributed by atoms with Gasteiger partial charge in [-0.15, -0.1) is 0 Å². The molecule has 3 aromatic rings. The second-order valence-corrected chi connectivity index (χ2v) is 3.83. The van der Waals surface area contributed by atoms with E-state index in [0.717, 1.165) is 11.3 Å². The van der Waals surface area contributed by atoms with Crippen molar-refractivity contribution >= 4 is 22.5 Å². The zero-order valence-corrected chi connectivity index (χ0v) is 9.09. The summed E-state index contributed by atoms with van der Waals surface area (Å²) in [7, 11) is 0. The number of fused-ring (bicyclic) bond motifs is 1. The summed E-state index contributed by atoms with van der Waals surface area (Å²) in [5, 5.41) is 1.63. The Kier molecular flexibility index (Phi) is 2.11. The van der Waals surface area contributed by atoms with E-state index < -0.39 is 0 Å². The Bertz CT molecular complexity index is 645. The van der Waals surface area contributed by atoms with Crippen molar-refractivity contribution in [2.45, 2.75) is 0 Å². The number of para-hydroxylation sites is 1. The molecule has 78 valence electrons. The van der Waals surface area contributed by atoms with Crippen molar-refractivity contribution in [3.05, 3.63) is 54.1 Å². The first-order chi connectivity index (χ1) is 7.84. The van der Waals surface area contributed by atoms with Gasteiger partial charge in [-0.3, -0.25) is 0 Å². The molecule has 1 aromatic carbocycles. The Morgan fingerprint density at radius 3 is 2.81 bits per heavy atom. The highest BCUT2D eigenvalue weighted by Crippen LogP contribution is 2.19. The predicted molar refractivity (Wildman–Crippen MR) is 63.9 cm³/mol. The summed E-state index contributed by atoms with van der Waals surface area (Å²) in [5.41, 5.74) is 1.11. The smallest absolute Gasteiger partial charge is 0.142 e. The van der Waals surface area contributed by atoms with Crippen LogP contribution in [0.15, 0.2) is 48.9 Å². The lowest BCUT2D eigenvalue weighted by Crippen LogP contribution is -1.95. The molecule has 0 amide bonds. The third-order valence-electron chi connectivity index (χ3n) is 2.47. The van der Waals surface area contributed by atoms with Crippen molar-refractivity contribution in [2.24, 2.45) is 0 Å². The van der Waals surface area contributed by atoms with Gasteiger partial charge in [-0.1, -0.05) is 29.8 Å². The van der Waals surface area contributed by atoms with E-state index >= 15 is 0 Å². The molecule has 3 nitrogen and oxygen atoms in total. The molecule has 0 spiro atoms. The highest BCUT2D eigenvalue weighted by Gasteiger charge is 2.03. The van der Waals surface area contributed by atoms with Crippen molar-refractivity contribution in [1.29, 1.82) is 0 Å². The summed E-state index contributed by atoms with van der Waals surface area (Å²) < 4.78 is 1.99. The highest BCUT2D eigenvalue weighted by atomic mass is 35.5. The van der Waals surface area contributed by atoms with Crippen LogP contribution in [0, 0.1) is 0 Å². The second-order valence-electron chi connectivity index (χ2n) is 3.44. The maximum absolute atomic E-state index is 5.85. The Labute approximate surface area is 97.3 Å². The van der Waals surface area contributed by atoms with E-state index in [2.05, 4.69) is 16.0 Å². The van der Waals surface area contributed by atoms with Crippen molar-refractivity contribution < 1.29 is 0 Å². The predicted octanol–water partition coefficient (Wildman–Crippen LogP) is 3.07. The first-order valence-electron chi connectivity index (χ1n) is 4.88. The lowest BCUT2D eigenvalue weighted by Gasteiger charge is -2.03. The minimum Gasteiger partial charge on any atom is -0.301 e. The summed E-state index contributed by atoms with van der Waals surface area (Å²) in [4.78, 5) is 8.07. The fourth-order valence-corrected chi connectivity index (χ4v) is 1.88. The quantitative estimate of drug-likeness (QED) is 0.601. The van der Waals surface area contributed by atoms with Gasteiger partial charge in [0.1, 0.15) is 17.3 Å². The van der Waals surface area contributed by atoms with Crippen LogP contribution in [0.25, 0.3) is 16.7 Å². The minimum atomic E-state index is 0.447. The van der Waals surface area contributed by atoms with Crippen molar-refractivity contribution in [1.82, 2.24) is 14.5 Å². The van der Waals surface area contributed by atoms with Crippen molar-refractivity contribution in [2.75, 3.05) is 0 Å². The monoisotopic (exact) mass is 229 g/mol. The third-order valence-corrected chi connectivity index (χ3v) is 2.67. The average Bonchev–Trinajstić information content (AvgIpc) is 2.72. The van der Waals surface area contributed by atoms with Gasteiger partial charge >= 0.3 is 0 Å². The third kappa shape index (κ3) is 1.46. The first-order valence-corrected chi connectivity index (χ1v) is 5.26. The number of aromatic nitrogens is 3. The van der Waals surface area contributed by atoms with E-state index in [1.165, 1.54) is 11.7 Å². The number of rotatable bonds is 1. The summed E-state index contributed by atoms with van der Waals surface area (Å²) in [6.45, 7) is 0. The van der Waals surface area contributed by atoms with Crippen LogP contribution in [0.1, 0.15) is 0 Å². The van der Waals surface area contributed by atoms with Crippen LogP contribution in [0.2, 0.25) is 5.15 Å². The van der Waals surface area contributed by atoms with E-state index in [9.17, 15) is 0 Å². The maximum Gasteiger partial charge on any atom is 0.142 e. The molecule has 0 aliphatic rings. The Hall–Kier alpha value is -1.87. The molecule has 0 fully saturated rings. The molecule has 0 aliphatic heterocycles. The second kappa shape index (κ2) is 3.61. The van der Waals surface area contributed by atoms with Crippen LogP contribution in [-0.4, -0.2) is 14.5 Å². The fraction of sp³-hybridized carbons (Fsp3) is 0. The van der Waals surface area contributed by atoms with Crippen LogP contribution in [0.3, 0.4) is 0 Å². The molecule has 16 heavy (non-hydrogen) atoms. The SMILES string of the molecule is Clc1cc(-n2ccc3ccccc32)ncn1. The molecule has 2 heterocycles. The summed E-state index contributed by atoms with van der Waals surface area (Å²) in [6.07, 6.45) is 3.44. The lowest BCUT2D eigenvalue weighted by atomic mass is 10.2. The van der Waals surface area contributed by atoms with Gasteiger partial charge in [0.05, 0.1) is 5.52 Å². The Morgan fingerprint density at radius 2 is 1.94 bits per heavy atom. The average molecular weight is 230 g/mol. The van der Waals surface area contributed by atoms with Gasteiger partial charge in [0.15, 0.2) is 0 Å². The number of nitrogens with zero attached hydrogens (tertiary/aromatic N) is 3. The molecule has 4 heteroatoms. The molecule has 0 bridgehead atoms. The first kappa shape index (κ1) is 9.36. The maximum atomic E-state index is 5.85. The fourth-order valence-electron chi connectivity index (χ4n) is 1.74. The van der Waals surface area contributed by atoms with E-state index in [1.54, 1.807) is 6.07 Å². The Balaban J connectivity index is 2.26. The summed E-state index contributed by atoms with van der Waals surface area (Å²) >= 11 is 5.85. The molecule has 0 unspecified atom stereocenters. The zero-order chi connectivity index (χ0) is 11.0. The Morgan fingerprint density at radius 1 is 1.06 bits per heavy atom. The molecule has 0 N–H and O–H groups in total. The molecule has 2 aromatic heterocycles. The topological polar surface area (TPSA) is 30.7 Å². The van der Waals surface area contributed by atoms with Crippen molar-refractivity contribution in [3.63, 3.8) is 0 Å². The van der Waals surface area contributed by atoms with Gasteiger partial charge in [-0.25, -0.2) is 9.97 Å². The minimum absolute atomic E-state index is 0.447. The van der Waals surface area contributed by atoms with Gasteiger partial charge in [0, 0.05) is 12.3 Å². The molecule has 0 aliphatic carbocycles. The van der Waals surface area contributed by atoms with Gasteiger partial charge < -0.3 is 4.57 Å². The van der Waals surface area contributed by atoms with E-state index in [-0.39, 0.29) is 0 Å². The number of halogens is 1. The molecular weight excluding hydrogens is 222 g/mol. The van der Waals surface area contributed by atoms with Crippen LogP contribution in [-0.2, 0) is 0 Å². The zero-order valence-electron chi connectivity index (χ0n) is 8.34. The number of benzene rings is 1. The molecule has 3 rings (SSSR count). The van der Waals surface area contributed by atoms with Crippen molar-refractivity contribution in [3.8, 4) is 5.82 Å². The lowest BCUT2D eigenvalue weighted by molar-refractivity contribution is 1.01. The standard InChI is InChI=1S/C12H8ClN3/c13-11-7-12(15-8-14-11)16-6-5-9-3-1-2-4-10(9)16/h1-8H. The summed E-state index contributed by atoms with van der Waals surface area (Å²) in [6, 6.07) is 11.9. The van der Waals surface area contributed by atoms with Crippen LogP contribution < -0.4 is 0 Å². The van der Waals surface area contributed by atoms with E-state index in [4.69, 9.17) is 11.6 Å². The van der Waals surface area contributed by atoms with Gasteiger partial charge in [0.25, 0.3) is 0 Å². The molecule has 0 radical (unpaired) electrons. The molecular formula is C12H8ClN3. The number of hydrogen-bond acceptors (Lipinski definition) is 2. The van der Waals surface area contributed by atoms with Crippen LogP contribution >= 0.6 is 11.6 Å². The number of hydrogen-bond donors (Lipinski definition) is 0. The molecule has 0 saturated carbocycles. The van der Waals surface area contributed by atoms with Gasteiger partial charge in [-0.2, -0.15) is 0 Å². The van der Waals surface area contributed by atoms with E-state index in [0.29, 0.717) is 5.15 Å². The van der Waals surface area contributed by atoms with Crippen LogP contribution in [0.5, 0.6) is 0 Å². The summed E-state index contributed by atoms with van der Waals surface area (Å²) in [5.74, 6) is 0.779. The van der Waals surface area contributed by atoms with Crippen LogP contribution in [0.4, 0.5) is 0 Å².